The molecule has 124 valence electrons. The number of benzene rings is 1. The molecule has 1 N–H and O–H groups in total. The van der Waals surface area contributed by atoms with Crippen molar-refractivity contribution in [3.63, 3.8) is 0 Å². The molecular formula is C17H14Cl2FN3O. The first kappa shape index (κ1) is 15.7. The van der Waals surface area contributed by atoms with E-state index in [0.29, 0.717) is 22.2 Å². The number of amides is 2. The van der Waals surface area contributed by atoms with Gasteiger partial charge < -0.3 is 10.2 Å². The van der Waals surface area contributed by atoms with Crippen LogP contribution >= 0.6 is 23.2 Å². The Morgan fingerprint density at radius 2 is 2.08 bits per heavy atom. The van der Waals surface area contributed by atoms with Crippen LogP contribution in [0.15, 0.2) is 30.5 Å². The van der Waals surface area contributed by atoms with E-state index in [2.05, 4.69) is 10.3 Å². The van der Waals surface area contributed by atoms with Gasteiger partial charge in [-0.1, -0.05) is 23.2 Å². The smallest absolute Gasteiger partial charge is 0.314 e. The van der Waals surface area contributed by atoms with Gasteiger partial charge in [-0.3, -0.25) is 0 Å². The van der Waals surface area contributed by atoms with Crippen LogP contribution in [0.25, 0.3) is 0 Å². The second-order valence-corrected chi connectivity index (χ2v) is 6.94. The van der Waals surface area contributed by atoms with E-state index in [1.807, 2.05) is 4.90 Å². The van der Waals surface area contributed by atoms with Gasteiger partial charge in [0.2, 0.25) is 5.95 Å². The molecule has 0 saturated carbocycles. The van der Waals surface area contributed by atoms with Crippen LogP contribution in [-0.2, 0) is 6.42 Å². The minimum absolute atomic E-state index is 0.0605. The van der Waals surface area contributed by atoms with Crippen LogP contribution in [0.2, 0.25) is 10.0 Å². The summed E-state index contributed by atoms with van der Waals surface area (Å²) in [6, 6.07) is 6.29. The number of anilines is 1. The zero-order valence-corrected chi connectivity index (χ0v) is 14.1. The summed E-state index contributed by atoms with van der Waals surface area (Å²) in [7, 11) is 0. The highest BCUT2D eigenvalue weighted by atomic mass is 35.5. The maximum absolute atomic E-state index is 13.4. The standard InChI is InChI=1S/C17H14Cl2FN3O/c18-13-3-1-10(7-14(13)19)22-17(24)23-11-2-4-15(23)12-8-21-16(20)6-9(12)5-11/h1,3,6-8,11,15H,2,4-5H2,(H,22,24)/t11?,15-/m0/s1. The topological polar surface area (TPSA) is 45.2 Å². The molecule has 1 fully saturated rings. The average Bonchev–Trinajstić information content (AvgIpc) is 2.86. The number of rotatable bonds is 1. The van der Waals surface area contributed by atoms with Gasteiger partial charge in [-0.25, -0.2) is 9.78 Å². The van der Waals surface area contributed by atoms with Gasteiger partial charge in [0.05, 0.1) is 16.1 Å². The van der Waals surface area contributed by atoms with Crippen molar-refractivity contribution in [3.8, 4) is 0 Å². The molecule has 4 nitrogen and oxygen atoms in total. The minimum Gasteiger partial charge on any atom is -0.314 e. The summed E-state index contributed by atoms with van der Waals surface area (Å²) in [6.07, 6.45) is 3.96. The molecule has 0 radical (unpaired) electrons. The first-order valence-electron chi connectivity index (χ1n) is 7.71. The van der Waals surface area contributed by atoms with E-state index >= 15 is 0 Å². The van der Waals surface area contributed by atoms with Crippen molar-refractivity contribution < 1.29 is 9.18 Å². The van der Waals surface area contributed by atoms with Crippen LogP contribution < -0.4 is 5.32 Å². The zero-order chi connectivity index (χ0) is 16.8. The number of urea groups is 1. The third kappa shape index (κ3) is 2.62. The molecule has 1 unspecified atom stereocenters. The van der Waals surface area contributed by atoms with E-state index in [-0.39, 0.29) is 18.1 Å². The predicted molar refractivity (Wildman–Crippen MR) is 91.0 cm³/mol. The van der Waals surface area contributed by atoms with Gasteiger partial charge in [0.15, 0.2) is 0 Å². The lowest BCUT2D eigenvalue weighted by molar-refractivity contribution is 0.179. The van der Waals surface area contributed by atoms with E-state index in [1.54, 1.807) is 24.4 Å². The Balaban J connectivity index is 1.59. The highest BCUT2D eigenvalue weighted by Gasteiger charge is 2.42. The largest absolute Gasteiger partial charge is 0.322 e. The minimum atomic E-state index is -0.471. The Labute approximate surface area is 148 Å². The summed E-state index contributed by atoms with van der Waals surface area (Å²) >= 11 is 11.9. The van der Waals surface area contributed by atoms with Gasteiger partial charge in [-0.05, 0) is 54.7 Å². The van der Waals surface area contributed by atoms with Gasteiger partial charge in [0.1, 0.15) is 0 Å². The fourth-order valence-electron chi connectivity index (χ4n) is 3.67. The second-order valence-electron chi connectivity index (χ2n) is 6.12. The summed E-state index contributed by atoms with van der Waals surface area (Å²) in [5, 5.41) is 3.70. The molecule has 0 spiro atoms. The summed E-state index contributed by atoms with van der Waals surface area (Å²) in [5.41, 5.74) is 2.49. The molecule has 2 aliphatic heterocycles. The first-order chi connectivity index (χ1) is 11.5. The van der Waals surface area contributed by atoms with E-state index in [1.165, 1.54) is 6.07 Å². The van der Waals surface area contributed by atoms with E-state index < -0.39 is 5.95 Å². The molecule has 1 aromatic heterocycles. The highest BCUT2D eigenvalue weighted by molar-refractivity contribution is 6.42. The molecule has 2 aromatic rings. The highest BCUT2D eigenvalue weighted by Crippen LogP contribution is 2.43. The Hall–Kier alpha value is -1.85. The first-order valence-corrected chi connectivity index (χ1v) is 8.47. The third-order valence-electron chi connectivity index (χ3n) is 4.71. The molecule has 0 aliphatic carbocycles. The summed E-state index contributed by atoms with van der Waals surface area (Å²) in [4.78, 5) is 18.3. The Kier molecular flexibility index (Phi) is 3.85. The molecule has 2 atom stereocenters. The van der Waals surface area contributed by atoms with Crippen molar-refractivity contribution in [2.24, 2.45) is 0 Å². The van der Waals surface area contributed by atoms with Crippen molar-refractivity contribution in [1.29, 1.82) is 0 Å². The van der Waals surface area contributed by atoms with Crippen LogP contribution in [0.1, 0.15) is 30.0 Å². The Bertz CT molecular complexity index is 829. The lowest BCUT2D eigenvalue weighted by atomic mass is 9.95. The molecular weight excluding hydrogens is 352 g/mol. The third-order valence-corrected chi connectivity index (χ3v) is 5.45. The lowest BCUT2D eigenvalue weighted by Crippen LogP contribution is -2.44. The number of fused-ring (bicyclic) bond motifs is 4. The molecule has 3 heterocycles. The number of hydrogen-bond donors (Lipinski definition) is 1. The number of hydrogen-bond acceptors (Lipinski definition) is 2. The monoisotopic (exact) mass is 365 g/mol. The summed E-state index contributed by atoms with van der Waals surface area (Å²) < 4.78 is 13.4. The van der Waals surface area contributed by atoms with Crippen molar-refractivity contribution in [3.05, 3.63) is 57.6 Å². The summed E-state index contributed by atoms with van der Waals surface area (Å²) in [5.74, 6) is -0.471. The number of nitrogens with zero attached hydrogens (tertiary/aromatic N) is 2. The fourth-order valence-corrected chi connectivity index (χ4v) is 3.97. The maximum Gasteiger partial charge on any atom is 0.322 e. The Morgan fingerprint density at radius 3 is 2.88 bits per heavy atom. The number of carbonyl (C=O) groups is 1. The van der Waals surface area contributed by atoms with E-state index in [0.717, 1.165) is 24.0 Å². The predicted octanol–water partition coefficient (Wildman–Crippen LogP) is 4.82. The van der Waals surface area contributed by atoms with Gasteiger partial charge in [0.25, 0.3) is 0 Å². The molecule has 4 rings (SSSR count). The molecule has 7 heteroatoms. The van der Waals surface area contributed by atoms with Gasteiger partial charge in [-0.2, -0.15) is 4.39 Å². The average molecular weight is 366 g/mol. The number of nitrogens with one attached hydrogen (secondary N) is 1. The molecule has 2 bridgehead atoms. The summed E-state index contributed by atoms with van der Waals surface area (Å²) in [6.45, 7) is 0. The van der Waals surface area contributed by atoms with E-state index in [4.69, 9.17) is 23.2 Å². The second kappa shape index (κ2) is 5.90. The Morgan fingerprint density at radius 1 is 1.25 bits per heavy atom. The van der Waals surface area contributed by atoms with Crippen LogP contribution in [-0.4, -0.2) is 22.0 Å². The molecule has 2 aliphatic rings. The van der Waals surface area contributed by atoms with Crippen LogP contribution in [0, 0.1) is 5.95 Å². The SMILES string of the molecule is O=C(Nc1ccc(Cl)c(Cl)c1)N1C2CC[C@H]1c1cnc(F)cc1C2. The number of halogens is 3. The van der Waals surface area contributed by atoms with Crippen molar-refractivity contribution in [1.82, 2.24) is 9.88 Å². The van der Waals surface area contributed by atoms with Crippen LogP contribution in [0.5, 0.6) is 0 Å². The van der Waals surface area contributed by atoms with Crippen molar-refractivity contribution in [2.45, 2.75) is 31.3 Å². The molecule has 1 aromatic carbocycles. The quantitative estimate of drug-likeness (QED) is 0.736. The van der Waals surface area contributed by atoms with Crippen molar-refractivity contribution in [2.75, 3.05) is 5.32 Å². The fraction of sp³-hybridized carbons (Fsp3) is 0.294. The van der Waals surface area contributed by atoms with Gasteiger partial charge >= 0.3 is 6.03 Å². The maximum atomic E-state index is 13.4. The zero-order valence-electron chi connectivity index (χ0n) is 12.6. The lowest BCUT2D eigenvalue weighted by Gasteiger charge is -2.36. The molecule has 1 saturated heterocycles. The van der Waals surface area contributed by atoms with E-state index in [9.17, 15) is 9.18 Å². The number of aromatic nitrogens is 1. The molecule has 24 heavy (non-hydrogen) atoms. The van der Waals surface area contributed by atoms with Crippen LogP contribution in [0.4, 0.5) is 14.9 Å². The van der Waals surface area contributed by atoms with Gasteiger partial charge in [0, 0.05) is 17.9 Å². The number of carbonyl (C=O) groups excluding carboxylic acids is 1. The van der Waals surface area contributed by atoms with Crippen molar-refractivity contribution >= 4 is 34.9 Å². The normalized spacial score (nSPS) is 21.5. The van der Waals surface area contributed by atoms with Gasteiger partial charge in [-0.15, -0.1) is 0 Å². The molecule has 2 amide bonds. The number of pyridine rings is 1. The van der Waals surface area contributed by atoms with Crippen LogP contribution in [0.3, 0.4) is 0 Å².